The molecule has 1 aliphatic heterocycles. The van der Waals surface area contributed by atoms with Gasteiger partial charge < -0.3 is 9.30 Å². The van der Waals surface area contributed by atoms with Gasteiger partial charge in [0.2, 0.25) is 0 Å². The van der Waals surface area contributed by atoms with E-state index in [4.69, 9.17) is 4.74 Å². The van der Waals surface area contributed by atoms with Crippen molar-refractivity contribution in [2.75, 3.05) is 6.61 Å². The molecule has 5 heteroatoms. The highest BCUT2D eigenvalue weighted by Gasteiger charge is 2.17. The minimum absolute atomic E-state index is 0.559. The number of unbranched alkanes of at least 4 members (excludes halogenated alkanes) is 3. The zero-order chi connectivity index (χ0) is 18.9. The van der Waals surface area contributed by atoms with Crippen molar-refractivity contribution in [3.63, 3.8) is 0 Å². The summed E-state index contributed by atoms with van der Waals surface area (Å²) in [5.74, 6) is 2.56. The van der Waals surface area contributed by atoms with Crippen LogP contribution in [0.25, 0.3) is 11.6 Å². The standard InChI is InChI=1S/C22H28N4O/c1-2-3-4-8-15-27-20-12-10-18(11-13-20)16-19(17-23)22-25-24-21-9-6-5-7-14-26(21)22/h10-13,16H,2-9,14-15H2,1H3. The molecule has 2 heterocycles. The van der Waals surface area contributed by atoms with Crippen LogP contribution < -0.4 is 4.74 Å². The number of rotatable bonds is 8. The average Bonchev–Trinajstić information content (AvgIpc) is 2.94. The summed E-state index contributed by atoms with van der Waals surface area (Å²) in [6.07, 6.45) is 11.1. The van der Waals surface area contributed by atoms with Crippen molar-refractivity contribution in [2.45, 2.75) is 64.8 Å². The molecule has 27 heavy (non-hydrogen) atoms. The third-order valence-corrected chi connectivity index (χ3v) is 4.93. The molecule has 1 aromatic heterocycles. The van der Waals surface area contributed by atoms with Crippen molar-refractivity contribution in [3.8, 4) is 11.8 Å². The lowest BCUT2D eigenvalue weighted by Crippen LogP contribution is -2.05. The van der Waals surface area contributed by atoms with Crippen LogP contribution >= 0.6 is 0 Å². The number of ether oxygens (including phenoxy) is 1. The van der Waals surface area contributed by atoms with Gasteiger partial charge in [-0.05, 0) is 43.0 Å². The molecule has 0 bridgehead atoms. The van der Waals surface area contributed by atoms with E-state index < -0.39 is 0 Å². The molecule has 0 unspecified atom stereocenters. The first-order chi connectivity index (χ1) is 13.3. The summed E-state index contributed by atoms with van der Waals surface area (Å²) in [5.41, 5.74) is 1.53. The van der Waals surface area contributed by atoms with E-state index in [1.54, 1.807) is 0 Å². The number of hydrogen-bond acceptors (Lipinski definition) is 4. The maximum atomic E-state index is 9.65. The van der Waals surface area contributed by atoms with Gasteiger partial charge in [0.1, 0.15) is 17.6 Å². The highest BCUT2D eigenvalue weighted by molar-refractivity contribution is 5.87. The van der Waals surface area contributed by atoms with E-state index in [0.717, 1.165) is 56.0 Å². The number of aryl methyl sites for hydroxylation is 1. The van der Waals surface area contributed by atoms with Gasteiger partial charge in [-0.15, -0.1) is 10.2 Å². The monoisotopic (exact) mass is 364 g/mol. The Hall–Kier alpha value is -2.61. The third-order valence-electron chi connectivity index (χ3n) is 4.93. The Morgan fingerprint density at radius 1 is 1.15 bits per heavy atom. The molecule has 0 aliphatic carbocycles. The molecule has 0 radical (unpaired) electrons. The van der Waals surface area contributed by atoms with E-state index >= 15 is 0 Å². The Balaban J connectivity index is 1.68. The fourth-order valence-electron chi connectivity index (χ4n) is 3.38. The molecular weight excluding hydrogens is 336 g/mol. The highest BCUT2D eigenvalue weighted by Crippen LogP contribution is 2.22. The average molecular weight is 364 g/mol. The Morgan fingerprint density at radius 2 is 2.00 bits per heavy atom. The molecule has 0 N–H and O–H groups in total. The number of fused-ring (bicyclic) bond motifs is 1. The molecule has 1 aromatic carbocycles. The predicted molar refractivity (Wildman–Crippen MR) is 107 cm³/mol. The summed E-state index contributed by atoms with van der Waals surface area (Å²) in [6.45, 7) is 3.85. The second-order valence-electron chi connectivity index (χ2n) is 7.05. The molecule has 0 saturated carbocycles. The fraction of sp³-hybridized carbons (Fsp3) is 0.500. The van der Waals surface area contributed by atoms with Crippen LogP contribution in [-0.4, -0.2) is 21.4 Å². The first-order valence-electron chi connectivity index (χ1n) is 10.1. The minimum atomic E-state index is 0.559. The summed E-state index contributed by atoms with van der Waals surface area (Å²) >= 11 is 0. The van der Waals surface area contributed by atoms with Gasteiger partial charge in [-0.1, -0.05) is 44.7 Å². The summed E-state index contributed by atoms with van der Waals surface area (Å²) in [5, 5.41) is 18.2. The SMILES string of the molecule is CCCCCCOc1ccc(C=C(C#N)c2nnc3n2CCCCC3)cc1. The maximum Gasteiger partial charge on any atom is 0.174 e. The predicted octanol–water partition coefficient (Wildman–Crippen LogP) is 5.03. The molecule has 0 saturated heterocycles. The summed E-state index contributed by atoms with van der Waals surface area (Å²) in [7, 11) is 0. The smallest absolute Gasteiger partial charge is 0.174 e. The van der Waals surface area contributed by atoms with Crippen molar-refractivity contribution >= 4 is 11.6 Å². The lowest BCUT2D eigenvalue weighted by molar-refractivity contribution is 0.305. The van der Waals surface area contributed by atoms with Crippen LogP contribution in [0.1, 0.15) is 69.1 Å². The molecule has 0 fully saturated rings. The molecule has 3 rings (SSSR count). The first kappa shape index (κ1) is 19.2. The maximum absolute atomic E-state index is 9.65. The van der Waals surface area contributed by atoms with E-state index in [9.17, 15) is 5.26 Å². The topological polar surface area (TPSA) is 63.7 Å². The van der Waals surface area contributed by atoms with Gasteiger partial charge in [0.05, 0.1) is 12.2 Å². The van der Waals surface area contributed by atoms with Gasteiger partial charge in [0.25, 0.3) is 0 Å². The zero-order valence-corrected chi connectivity index (χ0v) is 16.2. The molecular formula is C22H28N4O. The molecule has 2 aromatic rings. The zero-order valence-electron chi connectivity index (χ0n) is 16.2. The largest absolute Gasteiger partial charge is 0.494 e. The molecule has 5 nitrogen and oxygen atoms in total. The van der Waals surface area contributed by atoms with Crippen molar-refractivity contribution in [3.05, 3.63) is 41.5 Å². The number of allylic oxidation sites excluding steroid dienone is 1. The Kier molecular flexibility index (Phi) is 7.04. The van der Waals surface area contributed by atoms with Gasteiger partial charge in [0, 0.05) is 13.0 Å². The van der Waals surface area contributed by atoms with Gasteiger partial charge in [-0.2, -0.15) is 5.26 Å². The lowest BCUT2D eigenvalue weighted by Gasteiger charge is -2.07. The molecule has 0 amide bonds. The van der Waals surface area contributed by atoms with Crippen molar-refractivity contribution < 1.29 is 4.74 Å². The number of aromatic nitrogens is 3. The minimum Gasteiger partial charge on any atom is -0.494 e. The van der Waals surface area contributed by atoms with Gasteiger partial charge in [-0.25, -0.2) is 0 Å². The summed E-state index contributed by atoms with van der Waals surface area (Å²) in [6, 6.07) is 10.2. The Bertz CT molecular complexity index is 799. The molecule has 1 aliphatic rings. The van der Waals surface area contributed by atoms with Gasteiger partial charge in [-0.3, -0.25) is 0 Å². The van der Waals surface area contributed by atoms with Crippen LogP contribution in [0.5, 0.6) is 5.75 Å². The van der Waals surface area contributed by atoms with E-state index in [-0.39, 0.29) is 0 Å². The normalized spacial score (nSPS) is 14.3. The van der Waals surface area contributed by atoms with E-state index in [1.165, 1.54) is 25.7 Å². The molecule has 0 spiro atoms. The lowest BCUT2D eigenvalue weighted by atomic mass is 10.1. The van der Waals surface area contributed by atoms with E-state index in [2.05, 4.69) is 27.8 Å². The van der Waals surface area contributed by atoms with Gasteiger partial charge in [0.15, 0.2) is 5.82 Å². The number of benzene rings is 1. The van der Waals surface area contributed by atoms with E-state index in [1.807, 2.05) is 30.3 Å². The quantitative estimate of drug-likeness (QED) is 0.487. The van der Waals surface area contributed by atoms with Crippen LogP contribution in [0.2, 0.25) is 0 Å². The second-order valence-corrected chi connectivity index (χ2v) is 7.05. The number of nitriles is 1. The molecule has 142 valence electrons. The van der Waals surface area contributed by atoms with Crippen LogP contribution in [0.3, 0.4) is 0 Å². The summed E-state index contributed by atoms with van der Waals surface area (Å²) < 4.78 is 7.89. The van der Waals surface area contributed by atoms with Crippen LogP contribution in [0, 0.1) is 11.3 Å². The second kappa shape index (κ2) is 9.91. The van der Waals surface area contributed by atoms with Crippen LogP contribution in [0.15, 0.2) is 24.3 Å². The van der Waals surface area contributed by atoms with Crippen molar-refractivity contribution in [2.24, 2.45) is 0 Å². The number of hydrogen-bond donors (Lipinski definition) is 0. The third kappa shape index (κ3) is 5.19. The van der Waals surface area contributed by atoms with Crippen molar-refractivity contribution in [1.29, 1.82) is 5.26 Å². The highest BCUT2D eigenvalue weighted by atomic mass is 16.5. The summed E-state index contributed by atoms with van der Waals surface area (Å²) in [4.78, 5) is 0. The fourth-order valence-corrected chi connectivity index (χ4v) is 3.38. The Morgan fingerprint density at radius 3 is 2.78 bits per heavy atom. The Labute approximate surface area is 161 Å². The first-order valence-corrected chi connectivity index (χ1v) is 10.1. The van der Waals surface area contributed by atoms with E-state index in [0.29, 0.717) is 11.4 Å². The molecule has 0 atom stereocenters. The van der Waals surface area contributed by atoms with Crippen LogP contribution in [0.4, 0.5) is 0 Å². The van der Waals surface area contributed by atoms with Crippen LogP contribution in [-0.2, 0) is 13.0 Å². The van der Waals surface area contributed by atoms with Gasteiger partial charge >= 0.3 is 0 Å². The van der Waals surface area contributed by atoms with Crippen molar-refractivity contribution in [1.82, 2.24) is 14.8 Å². The number of nitrogens with zero attached hydrogens (tertiary/aromatic N) is 4.